The Labute approximate surface area is 161 Å². The number of benzene rings is 1. The smallest absolute Gasteiger partial charge is 0.278 e. The molecule has 0 aliphatic rings. The van der Waals surface area contributed by atoms with Crippen LogP contribution >= 0.6 is 11.8 Å². The lowest BCUT2D eigenvalue weighted by atomic mass is 10.2. The number of hydrogen-bond donors (Lipinski definition) is 1. The zero-order valence-corrected chi connectivity index (χ0v) is 16.9. The van der Waals surface area contributed by atoms with Crippen molar-refractivity contribution in [3.05, 3.63) is 28.6 Å². The molecule has 0 bridgehead atoms. The fraction of sp³-hybridized carbons (Fsp3) is 0.421. The Bertz CT molecular complexity index is 1050. The Morgan fingerprint density at radius 2 is 2.11 bits per heavy atom. The molecule has 7 nitrogen and oxygen atoms in total. The second kappa shape index (κ2) is 8.04. The number of carbonyl (C=O) groups excluding carboxylic acids is 1. The highest BCUT2D eigenvalue weighted by molar-refractivity contribution is 7.99. The van der Waals surface area contributed by atoms with Crippen molar-refractivity contribution in [2.75, 3.05) is 19.4 Å². The molecule has 144 valence electrons. The molecule has 0 spiro atoms. The Balaban J connectivity index is 2.12. The molecule has 1 N–H and O–H groups in total. The van der Waals surface area contributed by atoms with E-state index >= 15 is 0 Å². The molecule has 2 aromatic heterocycles. The number of thioether (sulfide) groups is 1. The number of aromatic nitrogens is 3. The number of nitrogens with zero attached hydrogens (tertiary/aromatic N) is 3. The number of fused-ring (bicyclic) bond motifs is 3. The minimum absolute atomic E-state index is 0.0570. The summed E-state index contributed by atoms with van der Waals surface area (Å²) in [6.45, 7) is 5.05. The van der Waals surface area contributed by atoms with Crippen LogP contribution in [0.4, 0.5) is 0 Å². The quantitative estimate of drug-likeness (QED) is 0.497. The molecule has 8 heteroatoms. The highest BCUT2D eigenvalue weighted by Gasteiger charge is 2.18. The van der Waals surface area contributed by atoms with Gasteiger partial charge in [-0.05, 0) is 31.5 Å². The first-order valence-corrected chi connectivity index (χ1v) is 9.96. The molecule has 0 saturated carbocycles. The highest BCUT2D eigenvalue weighted by Crippen LogP contribution is 2.29. The van der Waals surface area contributed by atoms with Crippen molar-refractivity contribution in [2.24, 2.45) is 7.05 Å². The van der Waals surface area contributed by atoms with E-state index in [4.69, 9.17) is 9.72 Å². The van der Waals surface area contributed by atoms with E-state index in [0.29, 0.717) is 35.0 Å². The van der Waals surface area contributed by atoms with Gasteiger partial charge >= 0.3 is 0 Å². The van der Waals surface area contributed by atoms with Crippen LogP contribution in [-0.2, 0) is 18.4 Å². The summed E-state index contributed by atoms with van der Waals surface area (Å²) in [6, 6.07) is 5.69. The molecule has 1 amide bonds. The molecule has 2 heterocycles. The summed E-state index contributed by atoms with van der Waals surface area (Å²) in [5, 5.41) is 4.26. The van der Waals surface area contributed by atoms with E-state index < -0.39 is 0 Å². The first kappa shape index (κ1) is 19.3. The summed E-state index contributed by atoms with van der Waals surface area (Å²) in [7, 11) is 3.48. The summed E-state index contributed by atoms with van der Waals surface area (Å²) in [6.07, 6.45) is 0.887. The van der Waals surface area contributed by atoms with Crippen LogP contribution < -0.4 is 15.6 Å². The lowest BCUT2D eigenvalue weighted by molar-refractivity contribution is -0.118. The zero-order chi connectivity index (χ0) is 19.6. The van der Waals surface area contributed by atoms with Crippen molar-refractivity contribution in [3.8, 4) is 5.75 Å². The van der Waals surface area contributed by atoms with Gasteiger partial charge in [0.1, 0.15) is 16.8 Å². The number of methoxy groups -OCH3 is 1. The molecule has 3 aromatic rings. The Morgan fingerprint density at radius 1 is 1.33 bits per heavy atom. The summed E-state index contributed by atoms with van der Waals surface area (Å²) in [4.78, 5) is 29.8. The zero-order valence-electron chi connectivity index (χ0n) is 16.0. The van der Waals surface area contributed by atoms with Crippen LogP contribution in [0, 0.1) is 0 Å². The predicted molar refractivity (Wildman–Crippen MR) is 109 cm³/mol. The summed E-state index contributed by atoms with van der Waals surface area (Å²) >= 11 is 1.29. The fourth-order valence-electron chi connectivity index (χ4n) is 3.09. The molecule has 0 fully saturated rings. The van der Waals surface area contributed by atoms with Crippen molar-refractivity contribution >= 4 is 39.6 Å². The molecule has 0 atom stereocenters. The van der Waals surface area contributed by atoms with Gasteiger partial charge in [-0.1, -0.05) is 18.7 Å². The average Bonchev–Trinajstić information content (AvgIpc) is 2.96. The fourth-order valence-corrected chi connectivity index (χ4v) is 3.98. The third-order valence-electron chi connectivity index (χ3n) is 4.49. The van der Waals surface area contributed by atoms with Gasteiger partial charge in [0.15, 0.2) is 5.16 Å². The molecule has 3 rings (SSSR count). The number of hydrogen-bond acceptors (Lipinski definition) is 5. The molecule has 0 saturated heterocycles. The van der Waals surface area contributed by atoms with Crippen LogP contribution in [0.1, 0.15) is 20.3 Å². The van der Waals surface area contributed by atoms with Crippen LogP contribution in [-0.4, -0.2) is 39.4 Å². The van der Waals surface area contributed by atoms with Gasteiger partial charge < -0.3 is 14.6 Å². The minimum atomic E-state index is -0.100. The normalized spacial score (nSPS) is 11.3. The van der Waals surface area contributed by atoms with E-state index in [9.17, 15) is 9.59 Å². The summed E-state index contributed by atoms with van der Waals surface area (Å²) in [5.41, 5.74) is 2.01. The van der Waals surface area contributed by atoms with Gasteiger partial charge in [0.2, 0.25) is 5.91 Å². The second-order valence-electron chi connectivity index (χ2n) is 6.22. The van der Waals surface area contributed by atoms with Gasteiger partial charge in [-0.25, -0.2) is 4.98 Å². The molecule has 1 aromatic carbocycles. The number of nitrogens with one attached hydrogen (secondary N) is 1. The number of rotatable bonds is 7. The lowest BCUT2D eigenvalue weighted by Crippen LogP contribution is -2.27. The van der Waals surface area contributed by atoms with Crippen LogP contribution in [0.5, 0.6) is 5.75 Å². The molecule has 0 aliphatic carbocycles. The van der Waals surface area contributed by atoms with Crippen LogP contribution in [0.15, 0.2) is 28.2 Å². The second-order valence-corrected chi connectivity index (χ2v) is 7.16. The maximum absolute atomic E-state index is 13.1. The Kier molecular flexibility index (Phi) is 5.74. The van der Waals surface area contributed by atoms with E-state index in [0.717, 1.165) is 17.3 Å². The molecule has 0 unspecified atom stereocenters. The largest absolute Gasteiger partial charge is 0.497 e. The summed E-state index contributed by atoms with van der Waals surface area (Å²) < 4.78 is 8.81. The third-order valence-corrected chi connectivity index (χ3v) is 5.46. The maximum Gasteiger partial charge on any atom is 0.278 e. The van der Waals surface area contributed by atoms with Gasteiger partial charge in [0.25, 0.3) is 5.56 Å². The first-order chi connectivity index (χ1) is 13.0. The molecular weight excluding hydrogens is 364 g/mol. The van der Waals surface area contributed by atoms with Crippen LogP contribution in [0.2, 0.25) is 0 Å². The van der Waals surface area contributed by atoms with Gasteiger partial charge in [0, 0.05) is 25.5 Å². The molecule has 0 aliphatic heterocycles. The van der Waals surface area contributed by atoms with Crippen molar-refractivity contribution in [1.82, 2.24) is 19.4 Å². The number of carbonyl (C=O) groups is 1. The van der Waals surface area contributed by atoms with Crippen LogP contribution in [0.25, 0.3) is 21.9 Å². The molecule has 27 heavy (non-hydrogen) atoms. The number of amides is 1. The molecule has 0 radical (unpaired) electrons. The lowest BCUT2D eigenvalue weighted by Gasteiger charge is -2.10. The Hall–Kier alpha value is -2.48. The van der Waals surface area contributed by atoms with Crippen LogP contribution in [0.3, 0.4) is 0 Å². The maximum atomic E-state index is 13.1. The van der Waals surface area contributed by atoms with Gasteiger partial charge in [-0.15, -0.1) is 0 Å². The van der Waals surface area contributed by atoms with E-state index in [1.165, 1.54) is 11.8 Å². The number of ether oxygens (including phenoxy) is 1. The van der Waals surface area contributed by atoms with Crippen molar-refractivity contribution < 1.29 is 9.53 Å². The van der Waals surface area contributed by atoms with E-state index in [1.54, 1.807) is 11.7 Å². The highest BCUT2D eigenvalue weighted by atomic mass is 32.2. The third kappa shape index (κ3) is 3.53. The van der Waals surface area contributed by atoms with Crippen molar-refractivity contribution in [1.29, 1.82) is 0 Å². The minimum Gasteiger partial charge on any atom is -0.497 e. The summed E-state index contributed by atoms with van der Waals surface area (Å²) in [5.74, 6) is 0.884. The standard InChI is InChI=1S/C19H24N4O3S/c1-5-9-20-15(24)11-27-19-21-16-13-10-12(26-4)7-8-14(13)22(3)17(16)18(25)23(19)6-2/h7-8,10H,5-6,9,11H2,1-4H3,(H,20,24). The van der Waals surface area contributed by atoms with E-state index in [1.807, 2.05) is 43.7 Å². The number of aryl methyl sites for hydroxylation is 1. The van der Waals surface area contributed by atoms with Gasteiger partial charge in [0.05, 0.1) is 18.4 Å². The van der Waals surface area contributed by atoms with Gasteiger partial charge in [-0.3, -0.25) is 14.2 Å². The first-order valence-electron chi connectivity index (χ1n) is 8.98. The predicted octanol–water partition coefficient (Wildman–Crippen LogP) is 2.54. The van der Waals surface area contributed by atoms with E-state index in [-0.39, 0.29) is 17.2 Å². The van der Waals surface area contributed by atoms with Crippen molar-refractivity contribution in [3.63, 3.8) is 0 Å². The Morgan fingerprint density at radius 3 is 2.78 bits per heavy atom. The topological polar surface area (TPSA) is 78.2 Å². The van der Waals surface area contributed by atoms with E-state index in [2.05, 4.69) is 5.32 Å². The average molecular weight is 388 g/mol. The monoisotopic (exact) mass is 388 g/mol. The van der Waals surface area contributed by atoms with Crippen molar-refractivity contribution in [2.45, 2.75) is 32.0 Å². The molecular formula is C19H24N4O3S. The SMILES string of the molecule is CCCNC(=O)CSc1nc2c3cc(OC)ccc3n(C)c2c(=O)n1CC. The van der Waals surface area contributed by atoms with Gasteiger partial charge in [-0.2, -0.15) is 0 Å².